The standard InChI is InChI=1S/C12H16N2O4/c1-10(12(16)18-9-3-7-14)4-5-11(15)17-8-2-6-13/h10H,2-5,8-9H2,1H3. The van der Waals surface area contributed by atoms with E-state index in [1.807, 2.05) is 12.1 Å². The van der Waals surface area contributed by atoms with Gasteiger partial charge >= 0.3 is 11.9 Å². The fraction of sp³-hybridized carbons (Fsp3) is 0.667. The maximum atomic E-state index is 11.4. The van der Waals surface area contributed by atoms with E-state index in [9.17, 15) is 9.59 Å². The van der Waals surface area contributed by atoms with Gasteiger partial charge in [0, 0.05) is 6.42 Å². The van der Waals surface area contributed by atoms with Gasteiger partial charge in [0.15, 0.2) is 0 Å². The maximum absolute atomic E-state index is 11.4. The molecule has 1 unspecified atom stereocenters. The van der Waals surface area contributed by atoms with E-state index in [-0.39, 0.29) is 32.5 Å². The summed E-state index contributed by atoms with van der Waals surface area (Å²) in [6.45, 7) is 1.81. The van der Waals surface area contributed by atoms with Crippen molar-refractivity contribution in [3.63, 3.8) is 0 Å². The van der Waals surface area contributed by atoms with Crippen molar-refractivity contribution < 1.29 is 19.1 Å². The summed E-state index contributed by atoms with van der Waals surface area (Å²) in [6.07, 6.45) is 0.767. The lowest BCUT2D eigenvalue weighted by Gasteiger charge is -2.10. The normalized spacial score (nSPS) is 10.8. The molecule has 0 rings (SSSR count). The Morgan fingerprint density at radius 1 is 1.11 bits per heavy atom. The Kier molecular flexibility index (Phi) is 8.93. The molecule has 0 saturated heterocycles. The van der Waals surface area contributed by atoms with Gasteiger partial charge in [0.2, 0.25) is 0 Å². The molecule has 0 radical (unpaired) electrons. The maximum Gasteiger partial charge on any atom is 0.308 e. The van der Waals surface area contributed by atoms with Gasteiger partial charge in [-0.15, -0.1) is 0 Å². The van der Waals surface area contributed by atoms with E-state index in [0.717, 1.165) is 0 Å². The van der Waals surface area contributed by atoms with Gasteiger partial charge in [0.1, 0.15) is 13.2 Å². The van der Waals surface area contributed by atoms with Crippen LogP contribution in [-0.2, 0) is 19.1 Å². The molecule has 0 aliphatic carbocycles. The van der Waals surface area contributed by atoms with Gasteiger partial charge in [-0.25, -0.2) is 0 Å². The minimum atomic E-state index is -0.429. The predicted molar refractivity (Wildman–Crippen MR) is 60.8 cm³/mol. The average Bonchev–Trinajstić information content (AvgIpc) is 2.36. The third kappa shape index (κ3) is 8.12. The van der Waals surface area contributed by atoms with Crippen molar-refractivity contribution in [1.29, 1.82) is 10.5 Å². The van der Waals surface area contributed by atoms with Crippen molar-refractivity contribution in [2.75, 3.05) is 13.2 Å². The highest BCUT2D eigenvalue weighted by molar-refractivity contribution is 5.74. The Bertz CT molecular complexity index is 354. The first-order valence-corrected chi connectivity index (χ1v) is 5.68. The number of hydrogen-bond acceptors (Lipinski definition) is 6. The lowest BCUT2D eigenvalue weighted by Crippen LogP contribution is -2.17. The van der Waals surface area contributed by atoms with Crippen LogP contribution in [0, 0.1) is 28.6 Å². The summed E-state index contributed by atoms with van der Waals surface area (Å²) in [5.74, 6) is -1.26. The lowest BCUT2D eigenvalue weighted by molar-refractivity contribution is -0.149. The zero-order chi connectivity index (χ0) is 13.8. The lowest BCUT2D eigenvalue weighted by atomic mass is 10.1. The fourth-order valence-electron chi connectivity index (χ4n) is 1.07. The second-order valence-corrected chi connectivity index (χ2v) is 3.64. The van der Waals surface area contributed by atoms with Crippen LogP contribution in [0.4, 0.5) is 0 Å². The van der Waals surface area contributed by atoms with Gasteiger partial charge in [-0.1, -0.05) is 6.92 Å². The Hall–Kier alpha value is -2.08. The SMILES string of the molecule is CC(CCC(=O)OCCC#N)C(=O)OCCC#N. The zero-order valence-corrected chi connectivity index (χ0v) is 10.3. The zero-order valence-electron chi connectivity index (χ0n) is 10.3. The summed E-state index contributed by atoms with van der Waals surface area (Å²) in [5, 5.41) is 16.5. The van der Waals surface area contributed by atoms with Crippen molar-refractivity contribution in [3.05, 3.63) is 0 Å². The summed E-state index contributed by atoms with van der Waals surface area (Å²) in [4.78, 5) is 22.5. The molecule has 0 amide bonds. The summed E-state index contributed by atoms with van der Waals surface area (Å²) in [5.41, 5.74) is 0. The van der Waals surface area contributed by atoms with Crippen LogP contribution in [0.1, 0.15) is 32.6 Å². The minimum Gasteiger partial charge on any atom is -0.465 e. The highest BCUT2D eigenvalue weighted by Gasteiger charge is 2.16. The van der Waals surface area contributed by atoms with Crippen molar-refractivity contribution in [2.24, 2.45) is 5.92 Å². The van der Waals surface area contributed by atoms with Gasteiger partial charge in [-0.3, -0.25) is 9.59 Å². The Labute approximate surface area is 106 Å². The molecule has 0 aromatic rings. The number of esters is 2. The van der Waals surface area contributed by atoms with Crippen LogP contribution in [0.25, 0.3) is 0 Å². The number of ether oxygens (including phenoxy) is 2. The van der Waals surface area contributed by atoms with Crippen molar-refractivity contribution in [2.45, 2.75) is 32.6 Å². The summed E-state index contributed by atoms with van der Waals surface area (Å²) in [6, 6.07) is 3.72. The molecule has 98 valence electrons. The molecule has 0 heterocycles. The first-order valence-electron chi connectivity index (χ1n) is 5.68. The molecule has 0 aromatic carbocycles. The number of nitriles is 2. The van der Waals surface area contributed by atoms with Crippen LogP contribution in [0.2, 0.25) is 0 Å². The van der Waals surface area contributed by atoms with Crippen molar-refractivity contribution >= 4 is 11.9 Å². The quantitative estimate of drug-likeness (QED) is 0.477. The van der Waals surface area contributed by atoms with Gasteiger partial charge in [0.25, 0.3) is 0 Å². The predicted octanol–water partition coefficient (Wildman–Crippen LogP) is 1.32. The van der Waals surface area contributed by atoms with Crippen molar-refractivity contribution in [1.82, 2.24) is 0 Å². The number of nitrogens with zero attached hydrogens (tertiary/aromatic N) is 2. The molecular formula is C12H16N2O4. The third-order valence-corrected chi connectivity index (χ3v) is 2.12. The van der Waals surface area contributed by atoms with Crippen LogP contribution in [-0.4, -0.2) is 25.2 Å². The Balaban J connectivity index is 3.72. The van der Waals surface area contributed by atoms with Crippen LogP contribution in [0.3, 0.4) is 0 Å². The van der Waals surface area contributed by atoms with E-state index >= 15 is 0 Å². The van der Waals surface area contributed by atoms with Crippen LogP contribution in [0.15, 0.2) is 0 Å². The highest BCUT2D eigenvalue weighted by Crippen LogP contribution is 2.09. The smallest absolute Gasteiger partial charge is 0.308 e. The van der Waals surface area contributed by atoms with Crippen molar-refractivity contribution in [3.8, 4) is 12.1 Å². The summed E-state index contributed by atoms with van der Waals surface area (Å²) < 4.78 is 9.57. The first-order chi connectivity index (χ1) is 8.61. The molecule has 0 fully saturated rings. The van der Waals surface area contributed by atoms with E-state index in [4.69, 9.17) is 20.0 Å². The molecule has 0 aliphatic rings. The van der Waals surface area contributed by atoms with Crippen LogP contribution < -0.4 is 0 Å². The second-order valence-electron chi connectivity index (χ2n) is 3.64. The number of carbonyl (C=O) groups excluding carboxylic acids is 2. The van der Waals surface area contributed by atoms with Crippen LogP contribution in [0.5, 0.6) is 0 Å². The van der Waals surface area contributed by atoms with Gasteiger partial charge in [-0.05, 0) is 6.42 Å². The largest absolute Gasteiger partial charge is 0.465 e. The van der Waals surface area contributed by atoms with E-state index in [0.29, 0.717) is 6.42 Å². The second kappa shape index (κ2) is 10.1. The number of hydrogen-bond donors (Lipinski definition) is 0. The highest BCUT2D eigenvalue weighted by atomic mass is 16.5. The van der Waals surface area contributed by atoms with Crippen LogP contribution >= 0.6 is 0 Å². The molecule has 0 saturated carbocycles. The van der Waals surface area contributed by atoms with Gasteiger partial charge in [-0.2, -0.15) is 10.5 Å². The molecule has 18 heavy (non-hydrogen) atoms. The molecule has 0 spiro atoms. The number of carbonyl (C=O) groups is 2. The van der Waals surface area contributed by atoms with E-state index in [1.54, 1.807) is 6.92 Å². The molecule has 1 atom stereocenters. The molecule has 6 heteroatoms. The summed E-state index contributed by atoms with van der Waals surface area (Å²) >= 11 is 0. The van der Waals surface area contributed by atoms with Gasteiger partial charge < -0.3 is 9.47 Å². The molecule has 0 aromatic heterocycles. The molecule has 0 N–H and O–H groups in total. The first kappa shape index (κ1) is 15.9. The minimum absolute atomic E-state index is 0.0757. The summed E-state index contributed by atoms with van der Waals surface area (Å²) in [7, 11) is 0. The average molecular weight is 252 g/mol. The van der Waals surface area contributed by atoms with E-state index in [2.05, 4.69) is 0 Å². The van der Waals surface area contributed by atoms with E-state index < -0.39 is 17.9 Å². The molecule has 6 nitrogen and oxygen atoms in total. The monoisotopic (exact) mass is 252 g/mol. The Morgan fingerprint density at radius 2 is 1.67 bits per heavy atom. The fourth-order valence-corrected chi connectivity index (χ4v) is 1.07. The molecule has 0 aliphatic heterocycles. The third-order valence-electron chi connectivity index (χ3n) is 2.12. The molecule has 0 bridgehead atoms. The topological polar surface area (TPSA) is 100 Å². The van der Waals surface area contributed by atoms with Gasteiger partial charge in [0.05, 0.1) is 30.9 Å². The Morgan fingerprint density at radius 3 is 2.22 bits per heavy atom. The molecular weight excluding hydrogens is 236 g/mol. The number of rotatable bonds is 8. The van der Waals surface area contributed by atoms with E-state index in [1.165, 1.54) is 0 Å².